The number of amides is 2. The number of likely N-dealkylation sites (tertiary alicyclic amines) is 1. The van der Waals surface area contributed by atoms with Gasteiger partial charge in [0.2, 0.25) is 11.8 Å². The number of alkyl halides is 1. The number of aromatic nitrogens is 1. The molecule has 3 aromatic rings. The van der Waals surface area contributed by atoms with Gasteiger partial charge in [-0.1, -0.05) is 35.9 Å². The number of ketones is 1. The normalized spacial score (nSPS) is 18.0. The Morgan fingerprint density at radius 1 is 1.27 bits per heavy atom. The van der Waals surface area contributed by atoms with Gasteiger partial charge in [0.1, 0.15) is 24.6 Å². The van der Waals surface area contributed by atoms with Crippen LogP contribution in [-0.4, -0.2) is 45.8 Å². The van der Waals surface area contributed by atoms with Gasteiger partial charge in [-0.15, -0.1) is 0 Å². The summed E-state index contributed by atoms with van der Waals surface area (Å²) in [4.78, 5) is 39.0. The Labute approximate surface area is 194 Å². The van der Waals surface area contributed by atoms with Crippen LogP contribution in [0.15, 0.2) is 42.6 Å². The number of hydrogen-bond donors (Lipinski definition) is 1. The molecule has 1 aliphatic heterocycles. The summed E-state index contributed by atoms with van der Waals surface area (Å²) >= 11 is 5.76. The minimum Gasteiger partial charge on any atom is -0.350 e. The molecule has 1 aromatic heterocycles. The molecule has 0 spiro atoms. The highest BCUT2D eigenvalue weighted by molar-refractivity contribution is 6.30. The molecule has 33 heavy (non-hydrogen) atoms. The fraction of sp³-hybridized carbons (Fsp3) is 0.292. The summed E-state index contributed by atoms with van der Waals surface area (Å²) in [6.07, 6.45) is 0.0860. The number of halogens is 3. The predicted octanol–water partition coefficient (Wildman–Crippen LogP) is 3.69. The summed E-state index contributed by atoms with van der Waals surface area (Å²) in [6.45, 7) is 0.921. The summed E-state index contributed by atoms with van der Waals surface area (Å²) in [5.41, 5.74) is 1.30. The van der Waals surface area contributed by atoms with E-state index in [1.165, 1.54) is 24.0 Å². The van der Waals surface area contributed by atoms with Crippen molar-refractivity contribution in [2.24, 2.45) is 0 Å². The van der Waals surface area contributed by atoms with Crippen molar-refractivity contribution in [3.05, 3.63) is 70.6 Å². The first kappa shape index (κ1) is 22.9. The molecule has 1 aliphatic rings. The van der Waals surface area contributed by atoms with E-state index in [0.717, 1.165) is 0 Å². The molecule has 1 radical (unpaired) electrons. The zero-order chi connectivity index (χ0) is 23.7. The highest BCUT2D eigenvalue weighted by atomic mass is 35.5. The third-order valence-electron chi connectivity index (χ3n) is 5.77. The Balaban J connectivity index is 1.50. The summed E-state index contributed by atoms with van der Waals surface area (Å²) < 4.78 is 29.9. The molecule has 1 N–H and O–H groups in total. The minimum atomic E-state index is -1.35. The molecule has 4 rings (SSSR count). The van der Waals surface area contributed by atoms with Crippen LogP contribution >= 0.6 is 11.6 Å². The molecule has 6 nitrogen and oxygen atoms in total. The fourth-order valence-corrected chi connectivity index (χ4v) is 4.32. The van der Waals surface area contributed by atoms with E-state index in [2.05, 4.69) is 11.4 Å². The van der Waals surface area contributed by atoms with Gasteiger partial charge in [-0.3, -0.25) is 14.4 Å². The Morgan fingerprint density at radius 2 is 2.06 bits per heavy atom. The summed E-state index contributed by atoms with van der Waals surface area (Å²) in [5, 5.41) is 3.20. The third-order valence-corrected chi connectivity index (χ3v) is 6.06. The zero-order valence-electron chi connectivity index (χ0n) is 17.8. The number of fused-ring (bicyclic) bond motifs is 1. The maximum absolute atomic E-state index is 14.2. The first-order chi connectivity index (χ1) is 15.8. The van der Waals surface area contributed by atoms with Crippen LogP contribution in [-0.2, 0) is 22.7 Å². The Morgan fingerprint density at radius 3 is 2.82 bits per heavy atom. The van der Waals surface area contributed by atoms with Crippen molar-refractivity contribution in [1.29, 1.82) is 0 Å². The molecule has 2 aromatic carbocycles. The second kappa shape index (κ2) is 9.31. The molecular weight excluding hydrogens is 452 g/mol. The second-order valence-electron chi connectivity index (χ2n) is 8.00. The molecule has 0 aliphatic carbocycles. The SMILES string of the molecule is CC(=O)c1cn(CC(=O)N2C[C@H](F)C[C@H]2C(=O)NCc2cccc(Cl)c2F)c2c[c]ccc12. The highest BCUT2D eigenvalue weighted by Crippen LogP contribution is 2.25. The average Bonchev–Trinajstić information content (AvgIpc) is 3.36. The average molecular weight is 473 g/mol. The minimum absolute atomic E-state index is 0.0654. The lowest BCUT2D eigenvalue weighted by atomic mass is 10.1. The smallest absolute Gasteiger partial charge is 0.243 e. The molecule has 9 heteroatoms. The number of carbonyl (C=O) groups is 3. The van der Waals surface area contributed by atoms with Crippen molar-refractivity contribution in [3.8, 4) is 0 Å². The van der Waals surface area contributed by atoms with Crippen molar-refractivity contribution in [3.63, 3.8) is 0 Å². The lowest BCUT2D eigenvalue weighted by Crippen LogP contribution is -2.46. The van der Waals surface area contributed by atoms with Crippen LogP contribution in [0.5, 0.6) is 0 Å². The van der Waals surface area contributed by atoms with Gasteiger partial charge in [0.15, 0.2) is 5.78 Å². The van der Waals surface area contributed by atoms with Gasteiger partial charge in [-0.2, -0.15) is 0 Å². The molecule has 2 atom stereocenters. The number of Topliss-reactive ketones (excluding diaryl/α,β-unsaturated/α-hetero) is 1. The van der Waals surface area contributed by atoms with E-state index in [0.29, 0.717) is 16.5 Å². The van der Waals surface area contributed by atoms with Crippen molar-refractivity contribution >= 4 is 40.1 Å². The molecule has 1 saturated heterocycles. The van der Waals surface area contributed by atoms with Crippen molar-refractivity contribution in [1.82, 2.24) is 14.8 Å². The van der Waals surface area contributed by atoms with Crippen LogP contribution in [0.4, 0.5) is 8.78 Å². The van der Waals surface area contributed by atoms with E-state index < -0.39 is 29.8 Å². The summed E-state index contributed by atoms with van der Waals surface area (Å²) in [5.74, 6) is -1.81. The maximum Gasteiger partial charge on any atom is 0.243 e. The van der Waals surface area contributed by atoms with Crippen LogP contribution in [0.3, 0.4) is 0 Å². The van der Waals surface area contributed by atoms with Crippen LogP contribution in [0, 0.1) is 11.9 Å². The maximum atomic E-state index is 14.2. The molecule has 1 fully saturated rings. The van der Waals surface area contributed by atoms with Crippen LogP contribution in [0.25, 0.3) is 10.9 Å². The zero-order valence-corrected chi connectivity index (χ0v) is 18.5. The third kappa shape index (κ3) is 4.61. The molecule has 2 amide bonds. The fourth-order valence-electron chi connectivity index (χ4n) is 4.12. The van der Waals surface area contributed by atoms with Crippen molar-refractivity contribution in [2.75, 3.05) is 6.54 Å². The van der Waals surface area contributed by atoms with Gasteiger partial charge in [0, 0.05) is 41.2 Å². The number of nitrogens with zero attached hydrogens (tertiary/aromatic N) is 2. The molecular formula is C24H21ClF2N3O3. The van der Waals surface area contributed by atoms with Crippen LogP contribution in [0.2, 0.25) is 5.02 Å². The van der Waals surface area contributed by atoms with E-state index in [1.54, 1.807) is 35.0 Å². The second-order valence-corrected chi connectivity index (χ2v) is 8.40. The highest BCUT2D eigenvalue weighted by Gasteiger charge is 2.39. The van der Waals surface area contributed by atoms with Gasteiger partial charge in [-0.25, -0.2) is 8.78 Å². The van der Waals surface area contributed by atoms with Crippen LogP contribution < -0.4 is 5.32 Å². The van der Waals surface area contributed by atoms with E-state index in [9.17, 15) is 23.2 Å². The van der Waals surface area contributed by atoms with E-state index >= 15 is 0 Å². The number of nitrogens with one attached hydrogen (secondary N) is 1. The molecule has 0 bridgehead atoms. The standard InChI is InChI=1S/C24H21ClF2N3O3/c1-14(31)18-12-29(20-8-3-2-6-17(18)20)13-22(32)30-11-16(26)9-21(30)24(33)28-10-15-5-4-7-19(25)23(15)27/h2,4-8,12,16,21H,9-11,13H2,1H3,(H,28,33)/t16-,21+/m1/s1. The Hall–Kier alpha value is -3.26. The predicted molar refractivity (Wildman–Crippen MR) is 119 cm³/mol. The van der Waals surface area contributed by atoms with E-state index in [4.69, 9.17) is 11.6 Å². The topological polar surface area (TPSA) is 71.4 Å². The van der Waals surface area contributed by atoms with Gasteiger partial charge >= 0.3 is 0 Å². The van der Waals surface area contributed by atoms with Gasteiger partial charge < -0.3 is 14.8 Å². The molecule has 171 valence electrons. The molecule has 0 unspecified atom stereocenters. The Bertz CT molecular complexity index is 1240. The molecule has 2 heterocycles. The first-order valence-corrected chi connectivity index (χ1v) is 10.8. The Kier molecular flexibility index (Phi) is 6.47. The van der Waals surface area contributed by atoms with Gasteiger partial charge in [0.25, 0.3) is 0 Å². The monoisotopic (exact) mass is 472 g/mol. The molecule has 0 saturated carbocycles. The lowest BCUT2D eigenvalue weighted by Gasteiger charge is -2.24. The largest absolute Gasteiger partial charge is 0.350 e. The number of benzene rings is 2. The number of rotatable bonds is 6. The summed E-state index contributed by atoms with van der Waals surface area (Å²) in [7, 11) is 0. The van der Waals surface area contributed by atoms with Gasteiger partial charge in [-0.05, 0) is 25.1 Å². The van der Waals surface area contributed by atoms with Gasteiger partial charge in [0.05, 0.1) is 11.6 Å². The summed E-state index contributed by atoms with van der Waals surface area (Å²) in [6, 6.07) is 11.4. The number of hydrogen-bond acceptors (Lipinski definition) is 3. The van der Waals surface area contributed by atoms with E-state index in [1.807, 2.05) is 0 Å². The van der Waals surface area contributed by atoms with Crippen LogP contribution in [0.1, 0.15) is 29.3 Å². The quantitative estimate of drug-likeness (QED) is 0.556. The first-order valence-electron chi connectivity index (χ1n) is 10.4. The van der Waals surface area contributed by atoms with Crippen molar-refractivity contribution in [2.45, 2.75) is 38.6 Å². The van der Waals surface area contributed by atoms with E-state index in [-0.39, 0.29) is 42.4 Å². The lowest BCUT2D eigenvalue weighted by molar-refractivity contribution is -0.139. The number of carbonyl (C=O) groups excluding carboxylic acids is 3. The van der Waals surface area contributed by atoms with Crippen molar-refractivity contribution < 1.29 is 23.2 Å².